The summed E-state index contributed by atoms with van der Waals surface area (Å²) in [5.41, 5.74) is 8.37. The molecule has 0 aliphatic rings. The van der Waals surface area contributed by atoms with E-state index in [-0.39, 0.29) is 0 Å². The third-order valence-corrected chi connectivity index (χ3v) is 3.15. The molecule has 2 N–H and O–H groups in total. The van der Waals surface area contributed by atoms with Crippen molar-refractivity contribution in [3.8, 4) is 11.4 Å². The van der Waals surface area contributed by atoms with Gasteiger partial charge >= 0.3 is 0 Å². The van der Waals surface area contributed by atoms with Crippen molar-refractivity contribution in [2.45, 2.75) is 46.0 Å². The van der Waals surface area contributed by atoms with Crippen LogP contribution in [-0.2, 0) is 6.42 Å². The lowest BCUT2D eigenvalue weighted by molar-refractivity contribution is 0.374. The van der Waals surface area contributed by atoms with E-state index in [0.29, 0.717) is 11.7 Å². The Kier molecular flexibility index (Phi) is 5.24. The van der Waals surface area contributed by atoms with Crippen molar-refractivity contribution in [3.63, 3.8) is 0 Å². The van der Waals surface area contributed by atoms with Crippen LogP contribution in [0.2, 0.25) is 0 Å². The molecule has 0 radical (unpaired) electrons. The molecule has 5 nitrogen and oxygen atoms in total. The second kappa shape index (κ2) is 7.14. The minimum absolute atomic E-state index is 0.649. The van der Waals surface area contributed by atoms with Gasteiger partial charge in [0.2, 0.25) is 11.7 Å². The van der Waals surface area contributed by atoms with E-state index in [9.17, 15) is 0 Å². The van der Waals surface area contributed by atoms with Gasteiger partial charge in [-0.15, -0.1) is 0 Å². The molecule has 5 heteroatoms. The van der Waals surface area contributed by atoms with Gasteiger partial charge in [0.25, 0.3) is 0 Å². The van der Waals surface area contributed by atoms with E-state index in [0.717, 1.165) is 49.2 Å². The molecular formula is C15H22N4O. The van der Waals surface area contributed by atoms with Gasteiger partial charge in [0.05, 0.1) is 0 Å². The van der Waals surface area contributed by atoms with Crippen LogP contribution < -0.4 is 5.73 Å². The van der Waals surface area contributed by atoms with Gasteiger partial charge in [-0.1, -0.05) is 18.0 Å². The number of rotatable bonds is 7. The Balaban J connectivity index is 1.94. The quantitative estimate of drug-likeness (QED) is 0.785. The van der Waals surface area contributed by atoms with Gasteiger partial charge in [-0.3, -0.25) is 4.98 Å². The Hall–Kier alpha value is -1.75. The monoisotopic (exact) mass is 274 g/mol. The number of hydrogen-bond donors (Lipinski definition) is 1. The molecule has 0 fully saturated rings. The van der Waals surface area contributed by atoms with Crippen molar-refractivity contribution >= 4 is 0 Å². The number of nitrogens with two attached hydrogens (primary N) is 1. The first-order chi connectivity index (χ1) is 9.69. The summed E-state index contributed by atoms with van der Waals surface area (Å²) in [6.07, 6.45) is 5.31. The maximum atomic E-state index is 5.47. The molecule has 2 aromatic heterocycles. The second-order valence-corrected chi connectivity index (χ2v) is 5.10. The summed E-state index contributed by atoms with van der Waals surface area (Å²) in [5.74, 6) is 1.36. The van der Waals surface area contributed by atoms with E-state index >= 15 is 0 Å². The average Bonchev–Trinajstić information content (AvgIpc) is 2.86. The maximum absolute atomic E-state index is 5.47. The molecule has 20 heavy (non-hydrogen) atoms. The molecule has 0 aliphatic heterocycles. The van der Waals surface area contributed by atoms with Crippen LogP contribution in [0.15, 0.2) is 16.7 Å². The lowest BCUT2D eigenvalue weighted by atomic mass is 10.1. The van der Waals surface area contributed by atoms with E-state index in [4.69, 9.17) is 10.3 Å². The number of aryl methyl sites for hydroxylation is 3. The fourth-order valence-corrected chi connectivity index (χ4v) is 2.21. The molecule has 2 heterocycles. The van der Waals surface area contributed by atoms with Crippen LogP contribution in [0.1, 0.15) is 43.0 Å². The van der Waals surface area contributed by atoms with Gasteiger partial charge in [-0.25, -0.2) is 0 Å². The standard InChI is InChI=1S/C15H22N4O/c1-11-9-13(10-12(2)17-11)15-18-14(20-19-15)7-5-3-4-6-8-16/h9-10H,3-8,16H2,1-2H3. The van der Waals surface area contributed by atoms with Gasteiger partial charge in [0, 0.05) is 23.4 Å². The smallest absolute Gasteiger partial charge is 0.226 e. The molecule has 0 aliphatic carbocycles. The fraction of sp³-hybridized carbons (Fsp3) is 0.533. The predicted octanol–water partition coefficient (Wildman–Crippen LogP) is 2.81. The molecule has 0 unspecified atom stereocenters. The Morgan fingerprint density at radius 1 is 1.00 bits per heavy atom. The van der Waals surface area contributed by atoms with Gasteiger partial charge < -0.3 is 10.3 Å². The molecule has 0 spiro atoms. The Morgan fingerprint density at radius 3 is 2.40 bits per heavy atom. The molecule has 0 bridgehead atoms. The molecule has 108 valence electrons. The highest BCUT2D eigenvalue weighted by Crippen LogP contribution is 2.18. The second-order valence-electron chi connectivity index (χ2n) is 5.10. The van der Waals surface area contributed by atoms with E-state index < -0.39 is 0 Å². The van der Waals surface area contributed by atoms with Crippen molar-refractivity contribution in [1.82, 2.24) is 15.1 Å². The van der Waals surface area contributed by atoms with Crippen LogP contribution in [0.5, 0.6) is 0 Å². The van der Waals surface area contributed by atoms with Crippen molar-refractivity contribution in [2.75, 3.05) is 6.54 Å². The molecule has 2 rings (SSSR count). The number of aromatic nitrogens is 3. The Bertz CT molecular complexity index is 530. The third kappa shape index (κ3) is 4.13. The molecule has 0 atom stereocenters. The van der Waals surface area contributed by atoms with Gasteiger partial charge in [0.1, 0.15) is 0 Å². The van der Waals surface area contributed by atoms with Gasteiger partial charge in [0.15, 0.2) is 0 Å². The lowest BCUT2D eigenvalue weighted by Crippen LogP contribution is -1.97. The number of pyridine rings is 1. The number of unbranched alkanes of at least 4 members (excludes halogenated alkanes) is 3. The van der Waals surface area contributed by atoms with Crippen LogP contribution in [-0.4, -0.2) is 21.7 Å². The van der Waals surface area contributed by atoms with Crippen LogP contribution in [0.25, 0.3) is 11.4 Å². The highest BCUT2D eigenvalue weighted by atomic mass is 16.5. The summed E-state index contributed by atoms with van der Waals surface area (Å²) in [6, 6.07) is 3.95. The van der Waals surface area contributed by atoms with Crippen LogP contribution >= 0.6 is 0 Å². The van der Waals surface area contributed by atoms with Gasteiger partial charge in [-0.05, 0) is 45.4 Å². The molecule has 0 aromatic carbocycles. The van der Waals surface area contributed by atoms with E-state index in [1.807, 2.05) is 26.0 Å². The van der Waals surface area contributed by atoms with Crippen LogP contribution in [0, 0.1) is 13.8 Å². The zero-order valence-electron chi connectivity index (χ0n) is 12.2. The molecule has 0 saturated carbocycles. The Labute approximate surface area is 119 Å². The molecule has 0 amide bonds. The van der Waals surface area contributed by atoms with Crippen molar-refractivity contribution in [1.29, 1.82) is 0 Å². The lowest BCUT2D eigenvalue weighted by Gasteiger charge is -1.99. The molecular weight excluding hydrogens is 252 g/mol. The molecule has 2 aromatic rings. The highest BCUT2D eigenvalue weighted by Gasteiger charge is 2.09. The largest absolute Gasteiger partial charge is 0.339 e. The third-order valence-electron chi connectivity index (χ3n) is 3.15. The van der Waals surface area contributed by atoms with Crippen molar-refractivity contribution < 1.29 is 4.52 Å². The van der Waals surface area contributed by atoms with Crippen LogP contribution in [0.4, 0.5) is 0 Å². The number of hydrogen-bond acceptors (Lipinski definition) is 5. The first-order valence-electron chi connectivity index (χ1n) is 7.17. The summed E-state index contributed by atoms with van der Waals surface area (Å²) in [7, 11) is 0. The van der Waals surface area contributed by atoms with E-state index in [1.165, 1.54) is 6.42 Å². The minimum Gasteiger partial charge on any atom is -0.339 e. The van der Waals surface area contributed by atoms with E-state index in [2.05, 4.69) is 15.1 Å². The van der Waals surface area contributed by atoms with Crippen LogP contribution in [0.3, 0.4) is 0 Å². The Morgan fingerprint density at radius 2 is 1.70 bits per heavy atom. The number of nitrogens with zero attached hydrogens (tertiary/aromatic N) is 3. The van der Waals surface area contributed by atoms with Crippen molar-refractivity contribution in [3.05, 3.63) is 29.4 Å². The SMILES string of the molecule is Cc1cc(-c2noc(CCCCCCN)n2)cc(C)n1. The summed E-state index contributed by atoms with van der Waals surface area (Å²) in [4.78, 5) is 8.80. The zero-order chi connectivity index (χ0) is 14.4. The summed E-state index contributed by atoms with van der Waals surface area (Å²) in [6.45, 7) is 4.70. The zero-order valence-corrected chi connectivity index (χ0v) is 12.2. The minimum atomic E-state index is 0.649. The van der Waals surface area contributed by atoms with Crippen molar-refractivity contribution in [2.24, 2.45) is 5.73 Å². The summed E-state index contributed by atoms with van der Waals surface area (Å²) >= 11 is 0. The summed E-state index contributed by atoms with van der Waals surface area (Å²) < 4.78 is 5.30. The normalized spacial score (nSPS) is 10.9. The highest BCUT2D eigenvalue weighted by molar-refractivity contribution is 5.55. The topological polar surface area (TPSA) is 77.8 Å². The first-order valence-corrected chi connectivity index (χ1v) is 7.17. The van der Waals surface area contributed by atoms with E-state index in [1.54, 1.807) is 0 Å². The molecule has 0 saturated heterocycles. The fourth-order valence-electron chi connectivity index (χ4n) is 2.21. The van der Waals surface area contributed by atoms with Gasteiger partial charge in [-0.2, -0.15) is 4.98 Å². The predicted molar refractivity (Wildman–Crippen MR) is 78.2 cm³/mol. The average molecular weight is 274 g/mol. The summed E-state index contributed by atoms with van der Waals surface area (Å²) in [5, 5.41) is 4.05. The maximum Gasteiger partial charge on any atom is 0.226 e. The first kappa shape index (κ1) is 14.7.